The highest BCUT2D eigenvalue weighted by molar-refractivity contribution is 5.23. The number of fused-ring (bicyclic) bond motifs is 5. The van der Waals surface area contributed by atoms with Crippen LogP contribution in [0.3, 0.4) is 0 Å². The van der Waals surface area contributed by atoms with Gasteiger partial charge in [-0.3, -0.25) is 19.7 Å². The zero-order chi connectivity index (χ0) is 19.8. The number of hydrogen-bond donors (Lipinski definition) is 1. The van der Waals surface area contributed by atoms with Crippen molar-refractivity contribution >= 4 is 0 Å². The summed E-state index contributed by atoms with van der Waals surface area (Å²) in [5.74, 6) is -2.62. The molecular formula is C21H25F2N5O. The van der Waals surface area contributed by atoms with E-state index in [1.54, 1.807) is 0 Å². The van der Waals surface area contributed by atoms with Crippen LogP contribution in [0.15, 0.2) is 29.3 Å². The number of nitrogens with zero attached hydrogens (tertiary/aromatic N) is 4. The molecule has 0 spiro atoms. The average Bonchev–Trinajstić information content (AvgIpc) is 3.15. The second kappa shape index (κ2) is 6.22. The van der Waals surface area contributed by atoms with Crippen molar-refractivity contribution < 1.29 is 8.78 Å². The molecule has 29 heavy (non-hydrogen) atoms. The van der Waals surface area contributed by atoms with Crippen LogP contribution in [0.4, 0.5) is 8.78 Å². The molecule has 2 saturated heterocycles. The van der Waals surface area contributed by atoms with E-state index in [1.165, 1.54) is 5.56 Å². The van der Waals surface area contributed by atoms with Gasteiger partial charge < -0.3 is 4.57 Å². The van der Waals surface area contributed by atoms with Gasteiger partial charge in [-0.15, -0.1) is 0 Å². The number of likely N-dealkylation sites (tertiary alicyclic amines) is 2. The molecule has 1 N–H and O–H groups in total. The van der Waals surface area contributed by atoms with E-state index in [-0.39, 0.29) is 5.56 Å². The van der Waals surface area contributed by atoms with Gasteiger partial charge in [0.15, 0.2) is 0 Å². The fraction of sp³-hybridized carbons (Fsp3) is 0.619. The van der Waals surface area contributed by atoms with Crippen molar-refractivity contribution in [2.45, 2.75) is 37.9 Å². The Morgan fingerprint density at radius 1 is 1.07 bits per heavy atom. The molecule has 3 fully saturated rings. The van der Waals surface area contributed by atoms with Gasteiger partial charge >= 0.3 is 0 Å². The van der Waals surface area contributed by atoms with Gasteiger partial charge in [0.1, 0.15) is 0 Å². The summed E-state index contributed by atoms with van der Waals surface area (Å²) in [6.45, 7) is 4.88. The number of aromatic nitrogens is 3. The molecule has 5 heterocycles. The Morgan fingerprint density at radius 3 is 2.62 bits per heavy atom. The summed E-state index contributed by atoms with van der Waals surface area (Å²) in [4.78, 5) is 17.6. The third-order valence-electron chi connectivity index (χ3n) is 7.39. The summed E-state index contributed by atoms with van der Waals surface area (Å²) in [6, 6.07) is 4.04. The van der Waals surface area contributed by atoms with Gasteiger partial charge in [-0.25, -0.2) is 8.78 Å². The Bertz CT molecular complexity index is 973. The first-order chi connectivity index (χ1) is 14.0. The molecule has 2 unspecified atom stereocenters. The number of alkyl halides is 2. The molecule has 2 aromatic rings. The molecule has 1 saturated carbocycles. The summed E-state index contributed by atoms with van der Waals surface area (Å²) in [5, 5.41) is 6.90. The lowest BCUT2D eigenvalue weighted by Gasteiger charge is -2.43. The Morgan fingerprint density at radius 2 is 1.86 bits per heavy atom. The smallest absolute Gasteiger partial charge is 0.257 e. The van der Waals surface area contributed by atoms with Crippen LogP contribution < -0.4 is 5.56 Å². The van der Waals surface area contributed by atoms with Crippen LogP contribution in [-0.4, -0.2) is 56.7 Å². The maximum absolute atomic E-state index is 13.4. The van der Waals surface area contributed by atoms with Gasteiger partial charge in [-0.1, -0.05) is 6.07 Å². The summed E-state index contributed by atoms with van der Waals surface area (Å²) in [6.07, 6.45) is 4.94. The van der Waals surface area contributed by atoms with Gasteiger partial charge in [0, 0.05) is 86.6 Å². The molecule has 3 aliphatic heterocycles. The van der Waals surface area contributed by atoms with E-state index < -0.39 is 17.8 Å². The minimum absolute atomic E-state index is 0.0767. The molecule has 2 bridgehead atoms. The fourth-order valence-electron chi connectivity index (χ4n) is 5.92. The summed E-state index contributed by atoms with van der Waals surface area (Å²) in [5.41, 5.74) is 3.14. The number of nitrogens with one attached hydrogen (secondary N) is 1. The zero-order valence-electron chi connectivity index (χ0n) is 16.2. The molecule has 4 atom stereocenters. The van der Waals surface area contributed by atoms with Gasteiger partial charge in [0.2, 0.25) is 0 Å². The van der Waals surface area contributed by atoms with Crippen LogP contribution >= 0.6 is 0 Å². The van der Waals surface area contributed by atoms with Crippen molar-refractivity contribution in [3.63, 3.8) is 0 Å². The Kier molecular flexibility index (Phi) is 3.81. The van der Waals surface area contributed by atoms with E-state index in [9.17, 15) is 13.6 Å². The van der Waals surface area contributed by atoms with Crippen LogP contribution in [0.5, 0.6) is 0 Å². The van der Waals surface area contributed by atoms with Crippen molar-refractivity contribution in [2.75, 3.05) is 26.2 Å². The number of pyridine rings is 1. The first kappa shape index (κ1) is 17.8. The minimum Gasteiger partial charge on any atom is -0.312 e. The zero-order valence-corrected chi connectivity index (χ0v) is 16.2. The molecular weight excluding hydrogens is 376 g/mol. The number of H-pyrrole nitrogens is 1. The summed E-state index contributed by atoms with van der Waals surface area (Å²) in [7, 11) is 0. The lowest BCUT2D eigenvalue weighted by Crippen LogP contribution is -2.47. The number of rotatable bonds is 4. The topological polar surface area (TPSA) is 57.2 Å². The Labute approximate surface area is 167 Å². The molecule has 4 aliphatic rings. The maximum Gasteiger partial charge on any atom is 0.257 e. The van der Waals surface area contributed by atoms with E-state index in [2.05, 4.69) is 21.2 Å². The van der Waals surface area contributed by atoms with E-state index >= 15 is 0 Å². The number of hydrogen-bond acceptors (Lipinski definition) is 4. The highest BCUT2D eigenvalue weighted by atomic mass is 19.3. The first-order valence-electron chi connectivity index (χ1n) is 10.5. The number of piperidine rings is 2. The van der Waals surface area contributed by atoms with Crippen LogP contribution in [-0.2, 0) is 19.6 Å². The largest absolute Gasteiger partial charge is 0.312 e. The van der Waals surface area contributed by atoms with E-state index in [0.29, 0.717) is 31.5 Å². The van der Waals surface area contributed by atoms with Crippen LogP contribution in [0.25, 0.3) is 0 Å². The maximum atomic E-state index is 13.4. The number of halogens is 2. The van der Waals surface area contributed by atoms with Gasteiger partial charge in [0.25, 0.3) is 11.5 Å². The predicted molar refractivity (Wildman–Crippen MR) is 103 cm³/mol. The second-order valence-electron chi connectivity index (χ2n) is 9.38. The van der Waals surface area contributed by atoms with E-state index in [4.69, 9.17) is 0 Å². The molecule has 154 valence electrons. The minimum atomic E-state index is -2.47. The lowest BCUT2D eigenvalue weighted by atomic mass is 9.83. The standard InChI is InChI=1S/C21H25F2N5O/c22-21(23)17-11-27(12-18(17)21)9-15-1-2-19-16-3-13(8-28(19)20(15)29)6-26(10-16)7-14-4-24-25-5-14/h1-2,4-5,13,16-18H,3,6-12H2,(H,24,25)/t13-,16+,17?,18?/m0/s1. The molecule has 1 aliphatic carbocycles. The normalized spacial score (nSPS) is 32.8. The monoisotopic (exact) mass is 401 g/mol. The van der Waals surface area contributed by atoms with Crippen LogP contribution in [0.1, 0.15) is 29.2 Å². The van der Waals surface area contributed by atoms with Crippen molar-refractivity contribution in [3.8, 4) is 0 Å². The highest BCUT2D eigenvalue weighted by Crippen LogP contribution is 2.59. The lowest BCUT2D eigenvalue weighted by molar-refractivity contribution is 0.0517. The van der Waals surface area contributed by atoms with Crippen molar-refractivity contribution in [1.29, 1.82) is 0 Å². The van der Waals surface area contributed by atoms with E-state index in [0.717, 1.165) is 43.9 Å². The molecule has 0 amide bonds. The second-order valence-corrected chi connectivity index (χ2v) is 9.38. The fourth-order valence-corrected chi connectivity index (χ4v) is 5.92. The molecule has 0 aromatic carbocycles. The quantitative estimate of drug-likeness (QED) is 0.850. The van der Waals surface area contributed by atoms with Crippen molar-refractivity contribution in [1.82, 2.24) is 24.6 Å². The van der Waals surface area contributed by atoms with Crippen molar-refractivity contribution in [2.24, 2.45) is 17.8 Å². The predicted octanol–water partition coefficient (Wildman–Crippen LogP) is 1.89. The Hall–Kier alpha value is -2.06. The number of aromatic amines is 1. The Balaban J connectivity index is 1.19. The highest BCUT2D eigenvalue weighted by Gasteiger charge is 2.71. The molecule has 0 radical (unpaired) electrons. The van der Waals surface area contributed by atoms with Crippen LogP contribution in [0.2, 0.25) is 0 Å². The average molecular weight is 401 g/mol. The van der Waals surface area contributed by atoms with Crippen LogP contribution in [0, 0.1) is 17.8 Å². The molecule has 8 heteroatoms. The van der Waals surface area contributed by atoms with Crippen molar-refractivity contribution in [3.05, 3.63) is 51.7 Å². The van der Waals surface area contributed by atoms with Gasteiger partial charge in [-0.05, 0) is 18.4 Å². The summed E-state index contributed by atoms with van der Waals surface area (Å²) >= 11 is 0. The first-order valence-corrected chi connectivity index (χ1v) is 10.5. The van der Waals surface area contributed by atoms with E-state index in [1.807, 2.05) is 27.9 Å². The summed E-state index contributed by atoms with van der Waals surface area (Å²) < 4.78 is 28.8. The van der Waals surface area contributed by atoms with Gasteiger partial charge in [-0.2, -0.15) is 5.10 Å². The molecule has 6 nitrogen and oxygen atoms in total. The molecule has 6 rings (SSSR count). The van der Waals surface area contributed by atoms with Gasteiger partial charge in [0.05, 0.1) is 6.20 Å². The third-order valence-corrected chi connectivity index (χ3v) is 7.39. The third kappa shape index (κ3) is 2.87. The SMILES string of the molecule is O=c1c(CN2CC3C(C2)C3(F)F)ccc2n1C[C@H]1C[C@@H]2CN(Cc2cn[nH]c2)C1. The molecule has 2 aromatic heterocycles.